The first-order valence-electron chi connectivity index (χ1n) is 5.36. The molecule has 15 heavy (non-hydrogen) atoms. The first-order chi connectivity index (χ1) is 7.22. The molecular weight excluding hydrogens is 224 g/mol. The predicted molar refractivity (Wildman–Crippen MR) is 69.9 cm³/mol. The van der Waals surface area contributed by atoms with Crippen molar-refractivity contribution in [2.45, 2.75) is 38.4 Å². The first kappa shape index (κ1) is 12.8. The molecule has 1 nitrogen and oxygen atoms in total. The summed E-state index contributed by atoms with van der Waals surface area (Å²) in [7, 11) is 0. The second-order valence-corrected chi connectivity index (χ2v) is 5.91. The lowest BCUT2D eigenvalue weighted by Crippen LogP contribution is -2.06. The molecule has 1 unspecified atom stereocenters. The standard InChI is InChI=1S/C12H18OS2/c1-3-10(2)15-9-12(13)5-4-11-6-7-14-8-11/h6-8,10H,3-5,9H2,1-2H3. The van der Waals surface area contributed by atoms with E-state index in [1.165, 1.54) is 5.56 Å². The smallest absolute Gasteiger partial charge is 0.143 e. The van der Waals surface area contributed by atoms with Crippen LogP contribution in [0, 0.1) is 0 Å². The van der Waals surface area contributed by atoms with Gasteiger partial charge < -0.3 is 0 Å². The molecule has 0 spiro atoms. The minimum atomic E-state index is 0.381. The van der Waals surface area contributed by atoms with E-state index in [0.29, 0.717) is 23.2 Å². The number of hydrogen-bond donors (Lipinski definition) is 0. The Morgan fingerprint density at radius 1 is 1.60 bits per heavy atom. The average Bonchev–Trinajstić information content (AvgIpc) is 2.75. The fraction of sp³-hybridized carbons (Fsp3) is 0.583. The highest BCUT2D eigenvalue weighted by Crippen LogP contribution is 2.15. The summed E-state index contributed by atoms with van der Waals surface area (Å²) in [5, 5.41) is 4.79. The van der Waals surface area contributed by atoms with Gasteiger partial charge in [0, 0.05) is 11.7 Å². The molecule has 1 atom stereocenters. The molecule has 0 saturated heterocycles. The van der Waals surface area contributed by atoms with Crippen LogP contribution in [0.4, 0.5) is 0 Å². The molecule has 0 aromatic carbocycles. The van der Waals surface area contributed by atoms with Gasteiger partial charge in [-0.2, -0.15) is 23.1 Å². The first-order valence-corrected chi connectivity index (χ1v) is 7.36. The Labute approximate surface area is 100 Å². The second kappa shape index (κ2) is 7.07. The fourth-order valence-corrected chi connectivity index (χ4v) is 2.70. The van der Waals surface area contributed by atoms with Gasteiger partial charge in [0.05, 0.1) is 5.75 Å². The van der Waals surface area contributed by atoms with Gasteiger partial charge >= 0.3 is 0 Å². The van der Waals surface area contributed by atoms with Gasteiger partial charge in [-0.25, -0.2) is 0 Å². The Morgan fingerprint density at radius 3 is 3.00 bits per heavy atom. The van der Waals surface area contributed by atoms with Gasteiger partial charge in [0.25, 0.3) is 0 Å². The van der Waals surface area contributed by atoms with Gasteiger partial charge in [-0.05, 0) is 35.2 Å². The summed E-state index contributed by atoms with van der Waals surface area (Å²) in [6.07, 6.45) is 2.74. The van der Waals surface area contributed by atoms with E-state index in [1.54, 1.807) is 23.1 Å². The molecule has 0 aliphatic heterocycles. The molecule has 0 N–H and O–H groups in total. The van der Waals surface area contributed by atoms with Gasteiger partial charge in [-0.1, -0.05) is 13.8 Å². The minimum Gasteiger partial charge on any atom is -0.299 e. The minimum absolute atomic E-state index is 0.381. The second-order valence-electron chi connectivity index (χ2n) is 3.70. The number of rotatable bonds is 7. The molecule has 1 aromatic rings. The third-order valence-corrected chi connectivity index (χ3v) is 4.50. The Bertz CT molecular complexity index is 280. The van der Waals surface area contributed by atoms with E-state index in [4.69, 9.17) is 0 Å². The van der Waals surface area contributed by atoms with Crippen molar-refractivity contribution >= 4 is 28.9 Å². The number of aryl methyl sites for hydroxylation is 1. The van der Waals surface area contributed by atoms with Crippen LogP contribution in [-0.2, 0) is 11.2 Å². The molecule has 84 valence electrons. The molecule has 0 amide bonds. The van der Waals surface area contributed by atoms with Gasteiger partial charge in [-0.15, -0.1) is 0 Å². The van der Waals surface area contributed by atoms with Crippen molar-refractivity contribution in [3.8, 4) is 0 Å². The number of ketones is 1. The molecule has 3 heteroatoms. The molecule has 1 heterocycles. The van der Waals surface area contributed by atoms with Crippen LogP contribution in [0.5, 0.6) is 0 Å². The van der Waals surface area contributed by atoms with Crippen LogP contribution in [0.2, 0.25) is 0 Å². The lowest BCUT2D eigenvalue weighted by molar-refractivity contribution is -0.116. The van der Waals surface area contributed by atoms with Gasteiger partial charge in [0.2, 0.25) is 0 Å². The van der Waals surface area contributed by atoms with Crippen molar-refractivity contribution in [1.82, 2.24) is 0 Å². The molecule has 1 rings (SSSR count). The lowest BCUT2D eigenvalue weighted by atomic mass is 10.1. The van der Waals surface area contributed by atoms with Gasteiger partial charge in [0.1, 0.15) is 5.78 Å². The largest absolute Gasteiger partial charge is 0.299 e. The fourth-order valence-electron chi connectivity index (χ4n) is 1.14. The van der Waals surface area contributed by atoms with E-state index in [2.05, 4.69) is 30.7 Å². The number of carbonyl (C=O) groups is 1. The van der Waals surface area contributed by atoms with Crippen LogP contribution in [0.3, 0.4) is 0 Å². The summed E-state index contributed by atoms with van der Waals surface area (Å²) in [5.41, 5.74) is 1.29. The van der Waals surface area contributed by atoms with Crippen molar-refractivity contribution in [3.63, 3.8) is 0 Å². The van der Waals surface area contributed by atoms with E-state index in [1.807, 2.05) is 0 Å². The molecule has 0 bridgehead atoms. The van der Waals surface area contributed by atoms with Crippen molar-refractivity contribution in [3.05, 3.63) is 22.4 Å². The topological polar surface area (TPSA) is 17.1 Å². The third kappa shape index (κ3) is 5.38. The number of thioether (sulfide) groups is 1. The summed E-state index contributed by atoms with van der Waals surface area (Å²) in [6.45, 7) is 4.34. The summed E-state index contributed by atoms with van der Waals surface area (Å²) < 4.78 is 0. The normalized spacial score (nSPS) is 12.7. The molecule has 0 saturated carbocycles. The van der Waals surface area contributed by atoms with Crippen LogP contribution < -0.4 is 0 Å². The number of hydrogen-bond acceptors (Lipinski definition) is 3. The van der Waals surface area contributed by atoms with Crippen LogP contribution in [0.1, 0.15) is 32.3 Å². The van der Waals surface area contributed by atoms with Crippen LogP contribution in [-0.4, -0.2) is 16.8 Å². The van der Waals surface area contributed by atoms with Crippen molar-refractivity contribution in [2.24, 2.45) is 0 Å². The molecular formula is C12H18OS2. The van der Waals surface area contributed by atoms with Crippen LogP contribution in [0.25, 0.3) is 0 Å². The van der Waals surface area contributed by atoms with Gasteiger partial charge in [-0.3, -0.25) is 4.79 Å². The summed E-state index contributed by atoms with van der Waals surface area (Å²) >= 11 is 3.47. The summed E-state index contributed by atoms with van der Waals surface area (Å²) in [6, 6.07) is 2.10. The highest BCUT2D eigenvalue weighted by molar-refractivity contribution is 8.00. The summed E-state index contributed by atoms with van der Waals surface area (Å²) in [4.78, 5) is 11.5. The van der Waals surface area contributed by atoms with E-state index in [9.17, 15) is 4.79 Å². The Morgan fingerprint density at radius 2 is 2.40 bits per heavy atom. The maximum atomic E-state index is 11.5. The van der Waals surface area contributed by atoms with E-state index in [-0.39, 0.29) is 0 Å². The number of Topliss-reactive ketones (excluding diaryl/α,β-unsaturated/α-hetero) is 1. The Balaban J connectivity index is 2.14. The molecule has 0 radical (unpaired) electrons. The maximum Gasteiger partial charge on any atom is 0.143 e. The highest BCUT2D eigenvalue weighted by Gasteiger charge is 2.06. The third-order valence-electron chi connectivity index (χ3n) is 2.38. The van der Waals surface area contributed by atoms with E-state index in [0.717, 1.165) is 12.8 Å². The molecule has 1 aromatic heterocycles. The predicted octanol–water partition coefficient (Wildman–Crippen LogP) is 3.78. The van der Waals surface area contributed by atoms with E-state index < -0.39 is 0 Å². The number of thiophene rings is 1. The molecule has 0 fully saturated rings. The average molecular weight is 242 g/mol. The van der Waals surface area contributed by atoms with Crippen LogP contribution >= 0.6 is 23.1 Å². The Hall–Kier alpha value is -0.280. The van der Waals surface area contributed by atoms with E-state index >= 15 is 0 Å². The lowest BCUT2D eigenvalue weighted by Gasteiger charge is -2.06. The molecule has 0 aliphatic rings. The quantitative estimate of drug-likeness (QED) is 0.724. The van der Waals surface area contributed by atoms with Crippen LogP contribution in [0.15, 0.2) is 16.8 Å². The number of carbonyl (C=O) groups excluding carboxylic acids is 1. The molecule has 0 aliphatic carbocycles. The van der Waals surface area contributed by atoms with Crippen molar-refractivity contribution < 1.29 is 4.79 Å². The Kier molecular flexibility index (Phi) is 6.03. The van der Waals surface area contributed by atoms with Gasteiger partial charge in [0.15, 0.2) is 0 Å². The SMILES string of the molecule is CCC(C)SCC(=O)CCc1ccsc1. The summed E-state index contributed by atoms with van der Waals surface area (Å²) in [5.74, 6) is 1.06. The van der Waals surface area contributed by atoms with Crippen molar-refractivity contribution in [2.75, 3.05) is 5.75 Å². The zero-order valence-electron chi connectivity index (χ0n) is 9.36. The maximum absolute atomic E-state index is 11.5. The van der Waals surface area contributed by atoms with Crippen molar-refractivity contribution in [1.29, 1.82) is 0 Å². The zero-order chi connectivity index (χ0) is 11.1. The monoisotopic (exact) mass is 242 g/mol. The zero-order valence-corrected chi connectivity index (χ0v) is 11.0. The highest BCUT2D eigenvalue weighted by atomic mass is 32.2.